The summed E-state index contributed by atoms with van der Waals surface area (Å²) in [5.74, 6) is -1.22. The molecule has 0 atom stereocenters. The number of hydrogen-bond acceptors (Lipinski definition) is 3. The van der Waals surface area contributed by atoms with E-state index in [1.807, 2.05) is 0 Å². The van der Waals surface area contributed by atoms with E-state index in [1.54, 1.807) is 0 Å². The Hall–Kier alpha value is -1.27. The van der Waals surface area contributed by atoms with Crippen molar-refractivity contribution in [1.82, 2.24) is 0 Å². The van der Waals surface area contributed by atoms with Gasteiger partial charge >= 0.3 is 5.97 Å². The molecular formula is C9H10ClNO4S. The molecule has 0 fully saturated rings. The van der Waals surface area contributed by atoms with Crippen molar-refractivity contribution < 1.29 is 18.3 Å². The van der Waals surface area contributed by atoms with Crippen molar-refractivity contribution in [1.29, 1.82) is 0 Å². The van der Waals surface area contributed by atoms with E-state index >= 15 is 0 Å². The van der Waals surface area contributed by atoms with Crippen LogP contribution in [0, 0.1) is 0 Å². The van der Waals surface area contributed by atoms with Crippen LogP contribution in [-0.4, -0.2) is 32.3 Å². The first kappa shape index (κ1) is 12.8. The Balaban J connectivity index is 3.11. The molecule has 16 heavy (non-hydrogen) atoms. The summed E-state index contributed by atoms with van der Waals surface area (Å²) < 4.78 is 23.6. The normalized spacial score (nSPS) is 11.1. The Morgan fingerprint density at radius 2 is 1.88 bits per heavy atom. The third kappa shape index (κ3) is 3.39. The van der Waals surface area contributed by atoms with Gasteiger partial charge in [-0.05, 0) is 24.3 Å². The monoisotopic (exact) mass is 263 g/mol. The molecule has 0 aromatic heterocycles. The van der Waals surface area contributed by atoms with Crippen LogP contribution >= 0.6 is 11.6 Å². The SMILES string of the molecule is CS(=O)(=O)N(CC(=O)O)c1ccc(Cl)cc1. The van der Waals surface area contributed by atoms with Crippen molar-refractivity contribution in [2.45, 2.75) is 0 Å². The Morgan fingerprint density at radius 1 is 1.38 bits per heavy atom. The van der Waals surface area contributed by atoms with E-state index in [4.69, 9.17) is 16.7 Å². The Kier molecular flexibility index (Phi) is 3.77. The molecule has 0 bridgehead atoms. The van der Waals surface area contributed by atoms with E-state index in [0.29, 0.717) is 5.02 Å². The van der Waals surface area contributed by atoms with Crippen LogP contribution in [0.25, 0.3) is 0 Å². The molecule has 0 aliphatic heterocycles. The predicted molar refractivity (Wildman–Crippen MR) is 61.3 cm³/mol. The molecule has 0 amide bonds. The van der Waals surface area contributed by atoms with Crippen LogP contribution in [0.15, 0.2) is 24.3 Å². The highest BCUT2D eigenvalue weighted by molar-refractivity contribution is 7.92. The number of rotatable bonds is 4. The molecule has 0 aliphatic rings. The minimum atomic E-state index is -3.62. The van der Waals surface area contributed by atoms with Gasteiger partial charge in [0.15, 0.2) is 0 Å². The van der Waals surface area contributed by atoms with Gasteiger partial charge in [-0.3, -0.25) is 9.10 Å². The minimum Gasteiger partial charge on any atom is -0.480 e. The fourth-order valence-corrected chi connectivity index (χ4v) is 2.11. The van der Waals surface area contributed by atoms with Gasteiger partial charge in [0.05, 0.1) is 11.9 Å². The molecule has 0 spiro atoms. The summed E-state index contributed by atoms with van der Waals surface area (Å²) in [4.78, 5) is 10.6. The zero-order valence-electron chi connectivity index (χ0n) is 8.42. The van der Waals surface area contributed by atoms with E-state index in [0.717, 1.165) is 10.6 Å². The largest absolute Gasteiger partial charge is 0.480 e. The molecule has 7 heteroatoms. The first-order chi connectivity index (χ1) is 7.30. The van der Waals surface area contributed by atoms with Gasteiger partial charge in [0.25, 0.3) is 0 Å². The highest BCUT2D eigenvalue weighted by Gasteiger charge is 2.19. The fourth-order valence-electron chi connectivity index (χ4n) is 1.13. The third-order valence-electron chi connectivity index (χ3n) is 1.79. The van der Waals surface area contributed by atoms with Crippen LogP contribution in [0.1, 0.15) is 0 Å². The number of nitrogens with zero attached hydrogens (tertiary/aromatic N) is 1. The number of carboxylic acid groups (broad SMARTS) is 1. The summed E-state index contributed by atoms with van der Waals surface area (Å²) >= 11 is 5.65. The zero-order valence-corrected chi connectivity index (χ0v) is 9.99. The summed E-state index contributed by atoms with van der Waals surface area (Å²) in [6.07, 6.45) is 0.949. The maximum atomic E-state index is 11.4. The molecular weight excluding hydrogens is 254 g/mol. The Bertz CT molecular complexity index is 483. The van der Waals surface area contributed by atoms with Crippen molar-refractivity contribution in [3.05, 3.63) is 29.3 Å². The second-order valence-electron chi connectivity index (χ2n) is 3.14. The summed E-state index contributed by atoms with van der Waals surface area (Å²) in [5, 5.41) is 9.08. The average molecular weight is 264 g/mol. The first-order valence-electron chi connectivity index (χ1n) is 4.26. The lowest BCUT2D eigenvalue weighted by atomic mass is 10.3. The Morgan fingerprint density at radius 3 is 2.25 bits per heavy atom. The van der Waals surface area contributed by atoms with E-state index in [9.17, 15) is 13.2 Å². The van der Waals surface area contributed by atoms with Crippen LogP contribution in [0.3, 0.4) is 0 Å². The van der Waals surface area contributed by atoms with Gasteiger partial charge in [-0.25, -0.2) is 8.42 Å². The maximum absolute atomic E-state index is 11.4. The quantitative estimate of drug-likeness (QED) is 0.885. The van der Waals surface area contributed by atoms with Crippen LogP contribution < -0.4 is 4.31 Å². The predicted octanol–water partition coefficient (Wildman–Crippen LogP) is 1.19. The molecule has 0 aliphatic carbocycles. The first-order valence-corrected chi connectivity index (χ1v) is 6.48. The fraction of sp³-hybridized carbons (Fsp3) is 0.222. The van der Waals surface area contributed by atoms with Crippen LogP contribution in [0.2, 0.25) is 5.02 Å². The lowest BCUT2D eigenvalue weighted by Crippen LogP contribution is -2.34. The van der Waals surface area contributed by atoms with Gasteiger partial charge in [-0.1, -0.05) is 11.6 Å². The molecule has 0 saturated carbocycles. The molecule has 88 valence electrons. The minimum absolute atomic E-state index is 0.273. The number of benzene rings is 1. The molecule has 1 aromatic carbocycles. The van der Waals surface area contributed by atoms with Crippen LogP contribution in [0.4, 0.5) is 5.69 Å². The number of sulfonamides is 1. The lowest BCUT2D eigenvalue weighted by Gasteiger charge is -2.20. The standard InChI is InChI=1S/C9H10ClNO4S/c1-16(14,15)11(6-9(12)13)8-4-2-7(10)3-5-8/h2-5H,6H2,1H3,(H,12,13). The van der Waals surface area contributed by atoms with Gasteiger partial charge in [-0.15, -0.1) is 0 Å². The van der Waals surface area contributed by atoms with Gasteiger partial charge in [-0.2, -0.15) is 0 Å². The Labute approximate surface area is 98.3 Å². The summed E-state index contributed by atoms with van der Waals surface area (Å²) in [6.45, 7) is -0.611. The lowest BCUT2D eigenvalue weighted by molar-refractivity contribution is -0.135. The van der Waals surface area contributed by atoms with Gasteiger partial charge in [0, 0.05) is 5.02 Å². The third-order valence-corrected chi connectivity index (χ3v) is 3.19. The smallest absolute Gasteiger partial charge is 0.324 e. The van der Waals surface area contributed by atoms with Crippen LogP contribution in [-0.2, 0) is 14.8 Å². The second kappa shape index (κ2) is 4.71. The zero-order chi connectivity index (χ0) is 12.3. The number of halogens is 1. The van der Waals surface area contributed by atoms with Crippen LogP contribution in [0.5, 0.6) is 0 Å². The van der Waals surface area contributed by atoms with Crippen molar-refractivity contribution in [3.8, 4) is 0 Å². The molecule has 1 aromatic rings. The van der Waals surface area contributed by atoms with E-state index in [2.05, 4.69) is 0 Å². The van der Waals surface area contributed by atoms with E-state index in [1.165, 1.54) is 24.3 Å². The van der Waals surface area contributed by atoms with Crippen molar-refractivity contribution in [3.63, 3.8) is 0 Å². The maximum Gasteiger partial charge on any atom is 0.324 e. The summed E-state index contributed by atoms with van der Waals surface area (Å²) in [7, 11) is -3.62. The van der Waals surface area contributed by atoms with Gasteiger partial charge < -0.3 is 5.11 Å². The van der Waals surface area contributed by atoms with Crippen molar-refractivity contribution >= 4 is 33.3 Å². The van der Waals surface area contributed by atoms with E-state index in [-0.39, 0.29) is 5.69 Å². The topological polar surface area (TPSA) is 74.7 Å². The second-order valence-corrected chi connectivity index (χ2v) is 5.48. The van der Waals surface area contributed by atoms with Gasteiger partial charge in [0.2, 0.25) is 10.0 Å². The molecule has 5 nitrogen and oxygen atoms in total. The summed E-state index contributed by atoms with van der Waals surface area (Å²) in [6, 6.07) is 5.90. The van der Waals surface area contributed by atoms with Crippen molar-refractivity contribution in [2.75, 3.05) is 17.1 Å². The van der Waals surface area contributed by atoms with Crippen molar-refractivity contribution in [2.24, 2.45) is 0 Å². The molecule has 0 heterocycles. The molecule has 0 saturated heterocycles. The highest BCUT2D eigenvalue weighted by Crippen LogP contribution is 2.19. The molecule has 1 rings (SSSR count). The number of carbonyl (C=O) groups is 1. The average Bonchev–Trinajstić information content (AvgIpc) is 2.14. The number of carboxylic acids is 1. The van der Waals surface area contributed by atoms with E-state index < -0.39 is 22.5 Å². The number of anilines is 1. The van der Waals surface area contributed by atoms with Gasteiger partial charge in [0.1, 0.15) is 6.54 Å². The number of aliphatic carboxylic acids is 1. The molecule has 1 N–H and O–H groups in total. The highest BCUT2D eigenvalue weighted by atomic mass is 35.5. The summed E-state index contributed by atoms with van der Waals surface area (Å²) in [5.41, 5.74) is 0.273. The molecule has 0 unspecified atom stereocenters. The molecule has 0 radical (unpaired) electrons. The number of hydrogen-bond donors (Lipinski definition) is 1.